The van der Waals surface area contributed by atoms with E-state index in [2.05, 4.69) is 27.2 Å². The van der Waals surface area contributed by atoms with Crippen LogP contribution in [0.2, 0.25) is 0 Å². The van der Waals surface area contributed by atoms with E-state index >= 15 is 0 Å². The van der Waals surface area contributed by atoms with E-state index in [1.54, 1.807) is 6.20 Å². The molecule has 4 rings (SSSR count). The van der Waals surface area contributed by atoms with Gasteiger partial charge in [-0.2, -0.15) is 0 Å². The van der Waals surface area contributed by atoms with Crippen molar-refractivity contribution >= 4 is 16.8 Å². The number of likely N-dealkylation sites (tertiary alicyclic amines) is 1. The molecule has 0 unspecified atom stereocenters. The van der Waals surface area contributed by atoms with Gasteiger partial charge in [-0.05, 0) is 26.0 Å². The van der Waals surface area contributed by atoms with E-state index in [0.717, 1.165) is 48.2 Å². The van der Waals surface area contributed by atoms with Gasteiger partial charge in [-0.25, -0.2) is 4.98 Å². The molecule has 1 amide bonds. The van der Waals surface area contributed by atoms with E-state index in [1.807, 2.05) is 6.07 Å². The van der Waals surface area contributed by atoms with Crippen molar-refractivity contribution < 1.29 is 9.90 Å². The second-order valence-corrected chi connectivity index (χ2v) is 6.18. The average Bonchev–Trinajstić information content (AvgIpc) is 2.96. The normalized spacial score (nSPS) is 19.7. The Morgan fingerprint density at radius 3 is 3.00 bits per heavy atom. The molecule has 2 aliphatic heterocycles. The van der Waals surface area contributed by atoms with Crippen LogP contribution in [0, 0.1) is 0 Å². The van der Waals surface area contributed by atoms with Crippen molar-refractivity contribution in [3.05, 3.63) is 17.8 Å². The van der Waals surface area contributed by atoms with Crippen LogP contribution in [0.15, 0.2) is 12.3 Å². The first kappa shape index (κ1) is 12.8. The van der Waals surface area contributed by atoms with E-state index in [9.17, 15) is 9.90 Å². The number of hydrogen-bond acceptors (Lipinski definition) is 4. The molecule has 0 radical (unpaired) electrons. The number of aliphatic hydroxyl groups is 1. The zero-order chi connectivity index (χ0) is 14.6. The lowest BCUT2D eigenvalue weighted by molar-refractivity contribution is 0.0664. The fourth-order valence-electron chi connectivity index (χ4n) is 3.16. The summed E-state index contributed by atoms with van der Waals surface area (Å²) in [5.74, 6) is -0.121. The molecule has 1 aliphatic carbocycles. The molecule has 0 saturated carbocycles. The number of nitrogens with zero attached hydrogens (tertiary/aromatic N) is 2. The Morgan fingerprint density at radius 2 is 2.29 bits per heavy atom. The lowest BCUT2D eigenvalue weighted by Crippen LogP contribution is -2.57. The smallest absolute Gasteiger partial charge is 0.253 e. The maximum Gasteiger partial charge on any atom is 0.253 e. The van der Waals surface area contributed by atoms with Crippen molar-refractivity contribution in [1.82, 2.24) is 20.2 Å². The second kappa shape index (κ2) is 4.29. The number of rotatable bonds is 3. The van der Waals surface area contributed by atoms with Crippen LogP contribution in [0.25, 0.3) is 22.3 Å². The van der Waals surface area contributed by atoms with Gasteiger partial charge in [-0.1, -0.05) is 0 Å². The van der Waals surface area contributed by atoms with Gasteiger partial charge in [0.1, 0.15) is 5.69 Å². The molecule has 6 nitrogen and oxygen atoms in total. The van der Waals surface area contributed by atoms with E-state index < -0.39 is 5.54 Å². The summed E-state index contributed by atoms with van der Waals surface area (Å²) in [6.45, 7) is 1.74. The number of aliphatic hydroxyl groups excluding tert-OH is 1. The van der Waals surface area contributed by atoms with E-state index in [4.69, 9.17) is 0 Å². The van der Waals surface area contributed by atoms with Crippen LogP contribution in [0.4, 0.5) is 0 Å². The number of H-pyrrole nitrogens is 1. The van der Waals surface area contributed by atoms with Gasteiger partial charge >= 0.3 is 0 Å². The quantitative estimate of drug-likeness (QED) is 0.663. The van der Waals surface area contributed by atoms with Gasteiger partial charge < -0.3 is 20.3 Å². The highest BCUT2D eigenvalue weighted by Crippen LogP contribution is 2.39. The molecular weight excluding hydrogens is 268 g/mol. The molecule has 1 saturated heterocycles. The van der Waals surface area contributed by atoms with Crippen LogP contribution in [0.1, 0.15) is 23.2 Å². The van der Waals surface area contributed by atoms with Crippen LogP contribution in [-0.2, 0) is 0 Å². The minimum absolute atomic E-state index is 0.0208. The Balaban J connectivity index is 1.58. The summed E-state index contributed by atoms with van der Waals surface area (Å²) < 4.78 is 0. The molecule has 1 aromatic rings. The molecule has 0 spiro atoms. The summed E-state index contributed by atoms with van der Waals surface area (Å²) in [6.07, 6.45) is 3.27. The van der Waals surface area contributed by atoms with Gasteiger partial charge in [-0.15, -0.1) is 0 Å². The van der Waals surface area contributed by atoms with Crippen molar-refractivity contribution in [2.45, 2.75) is 18.4 Å². The molecule has 1 fully saturated rings. The molecule has 1 aromatic heterocycles. The van der Waals surface area contributed by atoms with E-state index in [-0.39, 0.29) is 12.5 Å². The fourth-order valence-corrected chi connectivity index (χ4v) is 3.16. The largest absolute Gasteiger partial charge is 0.394 e. The SMILES string of the molecule is CN1CCC(CO)(NC(=O)c2c[nH]c3c4nc-4cc23)CC1. The zero-order valence-electron chi connectivity index (χ0n) is 11.9. The number of hydrogen-bond donors (Lipinski definition) is 3. The van der Waals surface area contributed by atoms with E-state index in [0.29, 0.717) is 5.56 Å². The maximum atomic E-state index is 12.6. The van der Waals surface area contributed by atoms with Crippen LogP contribution < -0.4 is 5.32 Å². The molecule has 0 aromatic carbocycles. The predicted octanol–water partition coefficient (Wildman–Crippen LogP) is 0.730. The predicted molar refractivity (Wildman–Crippen MR) is 79.1 cm³/mol. The number of pyridine rings is 1. The zero-order valence-corrected chi connectivity index (χ0v) is 11.9. The molecule has 3 N–H and O–H groups in total. The molecule has 21 heavy (non-hydrogen) atoms. The van der Waals surface area contributed by atoms with Crippen molar-refractivity contribution in [2.24, 2.45) is 0 Å². The van der Waals surface area contributed by atoms with Crippen molar-refractivity contribution in [1.29, 1.82) is 0 Å². The third kappa shape index (κ3) is 1.94. The topological polar surface area (TPSA) is 81.2 Å². The number of amides is 1. The summed E-state index contributed by atoms with van der Waals surface area (Å²) in [5.41, 5.74) is 3.03. The van der Waals surface area contributed by atoms with E-state index in [1.165, 1.54) is 0 Å². The second-order valence-electron chi connectivity index (χ2n) is 6.18. The van der Waals surface area contributed by atoms with Crippen LogP contribution in [-0.4, -0.2) is 58.2 Å². The van der Waals surface area contributed by atoms with Crippen LogP contribution >= 0.6 is 0 Å². The number of carbonyl (C=O) groups excluding carboxylic acids is 1. The molecule has 3 aliphatic rings. The molecule has 6 heteroatoms. The van der Waals surface area contributed by atoms with Gasteiger partial charge in [0.2, 0.25) is 0 Å². The molecule has 0 atom stereocenters. The van der Waals surface area contributed by atoms with Crippen molar-refractivity contribution in [3.8, 4) is 11.4 Å². The van der Waals surface area contributed by atoms with Gasteiger partial charge in [0.05, 0.1) is 28.9 Å². The Bertz CT molecular complexity index is 729. The molecule has 110 valence electrons. The summed E-state index contributed by atoms with van der Waals surface area (Å²) in [5, 5.41) is 13.7. The number of carbonyl (C=O) groups is 1. The average molecular weight is 286 g/mol. The lowest BCUT2D eigenvalue weighted by Gasteiger charge is -2.39. The third-order valence-corrected chi connectivity index (χ3v) is 4.73. The summed E-state index contributed by atoms with van der Waals surface area (Å²) >= 11 is 0. The van der Waals surface area contributed by atoms with Crippen molar-refractivity contribution in [3.63, 3.8) is 0 Å². The van der Waals surface area contributed by atoms with Crippen LogP contribution in [0.5, 0.6) is 0 Å². The Hall–Kier alpha value is -1.92. The maximum absolute atomic E-state index is 12.6. The highest BCUT2D eigenvalue weighted by molar-refractivity contribution is 6.13. The first-order chi connectivity index (χ1) is 10.1. The summed E-state index contributed by atoms with van der Waals surface area (Å²) in [7, 11) is 2.06. The molecule has 0 bridgehead atoms. The minimum atomic E-state index is -0.500. The Kier molecular flexibility index (Phi) is 2.61. The third-order valence-electron chi connectivity index (χ3n) is 4.73. The number of aromatic nitrogens is 2. The number of piperidine rings is 1. The standard InChI is InChI=1S/C15H18N4O2/c1-19-4-2-15(8-20,3-5-19)18-14(21)10-7-16-12-9(10)6-11-13(12)17-11/h6-7,16,20H,2-5,8H2,1H3,(H,18,21). The van der Waals surface area contributed by atoms with Crippen LogP contribution in [0.3, 0.4) is 0 Å². The molecule has 3 heterocycles. The highest BCUT2D eigenvalue weighted by Gasteiger charge is 2.35. The van der Waals surface area contributed by atoms with Crippen molar-refractivity contribution in [2.75, 3.05) is 26.7 Å². The number of fused-ring (bicyclic) bond motifs is 3. The van der Waals surface area contributed by atoms with Gasteiger partial charge in [-0.3, -0.25) is 4.79 Å². The Morgan fingerprint density at radius 1 is 1.52 bits per heavy atom. The monoisotopic (exact) mass is 286 g/mol. The first-order valence-corrected chi connectivity index (χ1v) is 7.26. The number of aromatic amines is 1. The lowest BCUT2D eigenvalue weighted by atomic mass is 9.88. The minimum Gasteiger partial charge on any atom is -0.394 e. The fraction of sp³-hybridized carbons (Fsp3) is 0.467. The highest BCUT2D eigenvalue weighted by atomic mass is 16.3. The first-order valence-electron chi connectivity index (χ1n) is 7.26. The van der Waals surface area contributed by atoms with Gasteiger partial charge in [0.15, 0.2) is 0 Å². The van der Waals surface area contributed by atoms with Gasteiger partial charge in [0.25, 0.3) is 5.91 Å². The Labute approximate surface area is 122 Å². The summed E-state index contributed by atoms with van der Waals surface area (Å²) in [4.78, 5) is 22.1. The summed E-state index contributed by atoms with van der Waals surface area (Å²) in [6, 6.07) is 1.94. The molecular formula is C15H18N4O2. The van der Waals surface area contributed by atoms with Gasteiger partial charge in [0, 0.05) is 24.7 Å². The number of nitrogens with one attached hydrogen (secondary N) is 2.